The van der Waals surface area contributed by atoms with Crippen molar-refractivity contribution in [2.75, 3.05) is 0 Å². The lowest BCUT2D eigenvalue weighted by atomic mass is 10.1. The highest BCUT2D eigenvalue weighted by atomic mass is 16.2. The fourth-order valence-corrected chi connectivity index (χ4v) is 2.37. The standard InChI is InChI=1S/C11H17NO/c1-8(2)11(13)12-9-4-3-5-10(12)7-6-9/h3-4,8-10H,5-7H2,1-2H3. The number of amides is 1. The maximum atomic E-state index is 11.9. The molecule has 72 valence electrons. The molecule has 2 atom stereocenters. The van der Waals surface area contributed by atoms with Crippen molar-refractivity contribution in [3.63, 3.8) is 0 Å². The molecule has 0 radical (unpaired) electrons. The molecule has 0 aliphatic carbocycles. The molecule has 0 aromatic carbocycles. The van der Waals surface area contributed by atoms with Gasteiger partial charge in [-0.15, -0.1) is 0 Å². The van der Waals surface area contributed by atoms with Gasteiger partial charge < -0.3 is 4.90 Å². The van der Waals surface area contributed by atoms with E-state index in [1.54, 1.807) is 0 Å². The molecule has 1 saturated heterocycles. The van der Waals surface area contributed by atoms with Gasteiger partial charge >= 0.3 is 0 Å². The van der Waals surface area contributed by atoms with Crippen molar-refractivity contribution in [3.8, 4) is 0 Å². The Bertz CT molecular complexity index is 244. The average Bonchev–Trinajstić information content (AvgIpc) is 2.34. The number of carbonyl (C=O) groups is 1. The number of hydrogen-bond donors (Lipinski definition) is 0. The van der Waals surface area contributed by atoms with E-state index in [1.165, 1.54) is 12.8 Å². The van der Waals surface area contributed by atoms with Crippen LogP contribution in [0.15, 0.2) is 12.2 Å². The third-order valence-electron chi connectivity index (χ3n) is 3.06. The summed E-state index contributed by atoms with van der Waals surface area (Å²) in [4.78, 5) is 14.0. The summed E-state index contributed by atoms with van der Waals surface area (Å²) >= 11 is 0. The predicted molar refractivity (Wildman–Crippen MR) is 52.3 cm³/mol. The molecule has 2 nitrogen and oxygen atoms in total. The first kappa shape index (κ1) is 8.79. The molecule has 2 heteroatoms. The van der Waals surface area contributed by atoms with E-state index < -0.39 is 0 Å². The average molecular weight is 179 g/mol. The molecule has 2 aliphatic rings. The Hall–Kier alpha value is -0.790. The van der Waals surface area contributed by atoms with E-state index in [0.29, 0.717) is 18.0 Å². The van der Waals surface area contributed by atoms with Crippen LogP contribution in [0.1, 0.15) is 33.1 Å². The number of nitrogens with zero attached hydrogens (tertiary/aromatic N) is 1. The molecule has 1 fully saturated rings. The molecule has 0 aromatic heterocycles. The molecule has 0 N–H and O–H groups in total. The first-order valence-electron chi connectivity index (χ1n) is 5.19. The Labute approximate surface area is 79.6 Å². The number of fused-ring (bicyclic) bond motifs is 2. The van der Waals surface area contributed by atoms with Crippen LogP contribution in [0.2, 0.25) is 0 Å². The van der Waals surface area contributed by atoms with Gasteiger partial charge in [0.1, 0.15) is 0 Å². The minimum Gasteiger partial charge on any atom is -0.333 e. The Kier molecular flexibility index (Phi) is 2.14. The van der Waals surface area contributed by atoms with E-state index in [1.807, 2.05) is 13.8 Å². The van der Waals surface area contributed by atoms with Crippen LogP contribution in [0.3, 0.4) is 0 Å². The van der Waals surface area contributed by atoms with Gasteiger partial charge in [0.15, 0.2) is 0 Å². The van der Waals surface area contributed by atoms with E-state index in [-0.39, 0.29) is 5.92 Å². The predicted octanol–water partition coefficient (Wildman–Crippen LogP) is 1.96. The summed E-state index contributed by atoms with van der Waals surface area (Å²) in [5, 5.41) is 0. The van der Waals surface area contributed by atoms with Crippen molar-refractivity contribution in [3.05, 3.63) is 12.2 Å². The van der Waals surface area contributed by atoms with Crippen molar-refractivity contribution >= 4 is 5.91 Å². The SMILES string of the molecule is CC(C)C(=O)N1C2C=CCC1CC2. The molecule has 0 aromatic rings. The topological polar surface area (TPSA) is 20.3 Å². The zero-order valence-corrected chi connectivity index (χ0v) is 8.36. The van der Waals surface area contributed by atoms with Gasteiger partial charge in [-0.05, 0) is 19.3 Å². The first-order valence-corrected chi connectivity index (χ1v) is 5.19. The fraction of sp³-hybridized carbons (Fsp3) is 0.727. The number of carbonyl (C=O) groups excluding carboxylic acids is 1. The second kappa shape index (κ2) is 3.17. The molecule has 0 saturated carbocycles. The highest BCUT2D eigenvalue weighted by molar-refractivity contribution is 5.79. The van der Waals surface area contributed by atoms with Crippen LogP contribution < -0.4 is 0 Å². The van der Waals surface area contributed by atoms with E-state index in [0.717, 1.165) is 6.42 Å². The lowest BCUT2D eigenvalue weighted by molar-refractivity contribution is -0.136. The zero-order chi connectivity index (χ0) is 9.42. The first-order chi connectivity index (χ1) is 6.20. The number of rotatable bonds is 1. The Morgan fingerprint density at radius 3 is 2.85 bits per heavy atom. The van der Waals surface area contributed by atoms with Crippen LogP contribution >= 0.6 is 0 Å². The van der Waals surface area contributed by atoms with E-state index >= 15 is 0 Å². The molecule has 2 heterocycles. The Morgan fingerprint density at radius 2 is 2.23 bits per heavy atom. The minimum absolute atomic E-state index is 0.148. The molecule has 2 rings (SSSR count). The highest BCUT2D eigenvalue weighted by Gasteiger charge is 2.37. The van der Waals surface area contributed by atoms with Crippen LogP contribution in [0.5, 0.6) is 0 Å². The van der Waals surface area contributed by atoms with E-state index in [9.17, 15) is 4.79 Å². The third-order valence-corrected chi connectivity index (χ3v) is 3.06. The summed E-state index contributed by atoms with van der Waals surface area (Å²) in [5.74, 6) is 0.478. The molecule has 1 amide bonds. The molecular formula is C11H17NO. The normalized spacial score (nSPS) is 31.5. The largest absolute Gasteiger partial charge is 0.333 e. The van der Waals surface area contributed by atoms with Gasteiger partial charge in [-0.1, -0.05) is 26.0 Å². The van der Waals surface area contributed by atoms with Gasteiger partial charge in [0.2, 0.25) is 5.91 Å². The lowest BCUT2D eigenvalue weighted by Gasteiger charge is -2.32. The highest BCUT2D eigenvalue weighted by Crippen LogP contribution is 2.32. The summed E-state index contributed by atoms with van der Waals surface area (Å²) in [5.41, 5.74) is 0. The van der Waals surface area contributed by atoms with Crippen molar-refractivity contribution in [2.45, 2.75) is 45.2 Å². The summed E-state index contributed by atoms with van der Waals surface area (Å²) < 4.78 is 0. The van der Waals surface area contributed by atoms with Gasteiger partial charge in [-0.2, -0.15) is 0 Å². The number of hydrogen-bond acceptors (Lipinski definition) is 1. The Balaban J connectivity index is 2.16. The van der Waals surface area contributed by atoms with Crippen molar-refractivity contribution < 1.29 is 4.79 Å². The van der Waals surface area contributed by atoms with Crippen LogP contribution in [-0.2, 0) is 4.79 Å². The quantitative estimate of drug-likeness (QED) is 0.563. The molecular weight excluding hydrogens is 162 g/mol. The molecule has 2 aliphatic heterocycles. The molecule has 0 spiro atoms. The van der Waals surface area contributed by atoms with E-state index in [2.05, 4.69) is 17.1 Å². The second-order valence-electron chi connectivity index (χ2n) is 4.36. The summed E-state index contributed by atoms with van der Waals surface area (Å²) in [6, 6.07) is 0.915. The van der Waals surface area contributed by atoms with Crippen molar-refractivity contribution in [1.29, 1.82) is 0 Å². The van der Waals surface area contributed by atoms with Crippen LogP contribution in [-0.4, -0.2) is 22.9 Å². The molecule has 13 heavy (non-hydrogen) atoms. The fourth-order valence-electron chi connectivity index (χ4n) is 2.37. The smallest absolute Gasteiger partial charge is 0.225 e. The van der Waals surface area contributed by atoms with Gasteiger partial charge in [0.05, 0.1) is 6.04 Å². The lowest BCUT2D eigenvalue weighted by Crippen LogP contribution is -2.44. The maximum Gasteiger partial charge on any atom is 0.225 e. The minimum atomic E-state index is 0.148. The van der Waals surface area contributed by atoms with Crippen LogP contribution in [0.4, 0.5) is 0 Å². The Morgan fingerprint density at radius 1 is 1.46 bits per heavy atom. The van der Waals surface area contributed by atoms with Gasteiger partial charge in [-0.25, -0.2) is 0 Å². The molecule has 2 unspecified atom stereocenters. The summed E-state index contributed by atoms with van der Waals surface area (Å²) in [7, 11) is 0. The maximum absolute atomic E-state index is 11.9. The second-order valence-corrected chi connectivity index (χ2v) is 4.36. The van der Waals surface area contributed by atoms with Crippen molar-refractivity contribution in [1.82, 2.24) is 4.90 Å². The van der Waals surface area contributed by atoms with Gasteiger partial charge in [-0.3, -0.25) is 4.79 Å². The monoisotopic (exact) mass is 179 g/mol. The summed E-state index contributed by atoms with van der Waals surface area (Å²) in [6.45, 7) is 3.97. The van der Waals surface area contributed by atoms with Gasteiger partial charge in [0.25, 0.3) is 0 Å². The van der Waals surface area contributed by atoms with Gasteiger partial charge in [0, 0.05) is 12.0 Å². The van der Waals surface area contributed by atoms with E-state index in [4.69, 9.17) is 0 Å². The van der Waals surface area contributed by atoms with Crippen LogP contribution in [0.25, 0.3) is 0 Å². The molecule has 2 bridgehead atoms. The van der Waals surface area contributed by atoms with Crippen molar-refractivity contribution in [2.24, 2.45) is 5.92 Å². The zero-order valence-electron chi connectivity index (χ0n) is 8.36. The third kappa shape index (κ3) is 1.38. The van der Waals surface area contributed by atoms with Crippen LogP contribution in [0, 0.1) is 5.92 Å². The summed E-state index contributed by atoms with van der Waals surface area (Å²) in [6.07, 6.45) is 7.85.